The van der Waals surface area contributed by atoms with E-state index in [1.54, 1.807) is 0 Å². The van der Waals surface area contributed by atoms with Crippen LogP contribution in [-0.2, 0) is 0 Å². The monoisotopic (exact) mass is 370 g/mol. The summed E-state index contributed by atoms with van der Waals surface area (Å²) < 4.78 is 0. The second-order valence-corrected chi connectivity index (χ2v) is 5.57. The Morgan fingerprint density at radius 1 is 0.679 bits per heavy atom. The fraction of sp³-hybridized carbons (Fsp3) is 0. The summed E-state index contributed by atoms with van der Waals surface area (Å²) in [5.41, 5.74) is 6.67. The van der Waals surface area contributed by atoms with Crippen molar-refractivity contribution < 1.29 is 4.79 Å². The van der Waals surface area contributed by atoms with E-state index in [0.29, 0.717) is 16.7 Å². The zero-order valence-electron chi connectivity index (χ0n) is 14.9. The summed E-state index contributed by atoms with van der Waals surface area (Å²) in [5.74, 6) is -0.788. The van der Waals surface area contributed by atoms with Crippen molar-refractivity contribution in [1.29, 1.82) is 0 Å². The third-order valence-electron chi connectivity index (χ3n) is 3.58. The van der Waals surface area contributed by atoms with Crippen molar-refractivity contribution in [2.45, 2.75) is 0 Å². The van der Waals surface area contributed by atoms with Gasteiger partial charge in [-0.25, -0.2) is 0 Å². The first-order chi connectivity index (χ1) is 13.8. The van der Waals surface area contributed by atoms with Crippen molar-refractivity contribution in [3.63, 3.8) is 0 Å². The van der Waals surface area contributed by atoms with Gasteiger partial charge < -0.3 is 10.7 Å². The Balaban J connectivity index is 2.28. The summed E-state index contributed by atoms with van der Waals surface area (Å²) >= 11 is 0. The first kappa shape index (κ1) is 18.7. The normalized spacial score (nSPS) is 9.71. The molecule has 7 heteroatoms. The fourth-order valence-corrected chi connectivity index (χ4v) is 2.28. The first-order valence-corrected chi connectivity index (χ1v) is 8.53. The quantitative estimate of drug-likeness (QED) is 0.682. The van der Waals surface area contributed by atoms with Gasteiger partial charge in [0.05, 0.1) is 5.52 Å². The molecule has 0 saturated carbocycles. The van der Waals surface area contributed by atoms with E-state index in [9.17, 15) is 4.79 Å². The molecule has 0 bridgehead atoms. The van der Waals surface area contributed by atoms with E-state index in [-0.39, 0.29) is 5.82 Å². The highest BCUT2D eigenvalue weighted by Gasteiger charge is 2.08. The molecule has 28 heavy (non-hydrogen) atoms. The number of nitrogens with zero attached hydrogens (tertiary/aromatic N) is 4. The summed E-state index contributed by atoms with van der Waals surface area (Å²) in [6.45, 7) is 0. The maximum atomic E-state index is 11.3. The molecule has 3 rings (SSSR count). The van der Waals surface area contributed by atoms with Gasteiger partial charge in [0.15, 0.2) is 5.65 Å². The maximum Gasteiger partial charge on any atom is 0.286 e. The minimum absolute atomic E-state index is 0.0739. The molecule has 3 aromatic rings. The van der Waals surface area contributed by atoms with E-state index in [1.165, 1.54) is 0 Å². The number of hydrogen-bond acceptors (Lipinski definition) is 5. The average molecular weight is 370 g/mol. The predicted octanol–water partition coefficient (Wildman–Crippen LogP) is 3.37. The topological polar surface area (TPSA) is 110 Å². The van der Waals surface area contributed by atoms with Crippen molar-refractivity contribution in [3.8, 4) is 0 Å². The Morgan fingerprint density at radius 3 is 1.79 bits per heavy atom. The van der Waals surface area contributed by atoms with Gasteiger partial charge in [-0.3, -0.25) is 4.79 Å². The molecule has 0 aliphatic carbocycles. The highest BCUT2D eigenvalue weighted by atomic mass is 16.1. The lowest BCUT2D eigenvalue weighted by Gasteiger charge is -2.00. The van der Waals surface area contributed by atoms with Gasteiger partial charge in [-0.05, 0) is 6.07 Å². The molecule has 1 amide bonds. The first-order valence-electron chi connectivity index (χ1n) is 8.53. The smallest absolute Gasteiger partial charge is 0.286 e. The number of H-pyrrole nitrogens is 1. The standard InChI is InChI=1S/C21H18N6O/c22-19(28)21-23-20-18(25-27-21)16-14-12-10-8-6-4-2-1-3-5-7-9-11-13-15-17(16)24-26-20/h1-15H,(H2,22,28)(H,23,26,27). The van der Waals surface area contributed by atoms with E-state index < -0.39 is 5.91 Å². The van der Waals surface area contributed by atoms with Crippen molar-refractivity contribution in [1.82, 2.24) is 25.4 Å². The molecule has 3 N–H and O–H groups in total. The number of carbonyl (C=O) groups is 1. The van der Waals surface area contributed by atoms with Gasteiger partial charge in [-0.1, -0.05) is 84.9 Å². The third-order valence-corrected chi connectivity index (χ3v) is 3.58. The molecule has 0 saturated heterocycles. The summed E-state index contributed by atoms with van der Waals surface area (Å²) in [6.07, 6.45) is 0. The van der Waals surface area contributed by atoms with Crippen LogP contribution in [0, 0.1) is 0 Å². The molecule has 2 aromatic heterocycles. The molecule has 0 aliphatic rings. The molecular weight excluding hydrogens is 352 g/mol. The number of rotatable bonds is 1. The third kappa shape index (κ3) is 4.95. The minimum atomic E-state index is -0.714. The number of aromatic amines is 1. The lowest BCUT2D eigenvalue weighted by molar-refractivity contribution is 0.0989. The van der Waals surface area contributed by atoms with Crippen LogP contribution in [0.3, 0.4) is 0 Å². The molecular formula is C21H18N6O. The van der Waals surface area contributed by atoms with Gasteiger partial charge in [-0.2, -0.15) is 0 Å². The van der Waals surface area contributed by atoms with E-state index in [0.717, 1.165) is 5.39 Å². The molecule has 0 aliphatic heterocycles. The summed E-state index contributed by atoms with van der Waals surface area (Å²) in [6, 6.07) is 28.6. The predicted molar refractivity (Wildman–Crippen MR) is 108 cm³/mol. The van der Waals surface area contributed by atoms with Crippen molar-refractivity contribution in [2.75, 3.05) is 0 Å². The van der Waals surface area contributed by atoms with E-state index in [1.807, 2.05) is 91.0 Å². The molecule has 0 atom stereocenters. The van der Waals surface area contributed by atoms with E-state index >= 15 is 0 Å². The summed E-state index contributed by atoms with van der Waals surface area (Å²) in [7, 11) is 0. The van der Waals surface area contributed by atoms with Crippen LogP contribution in [0.2, 0.25) is 0 Å². The number of primary amides is 1. The second-order valence-electron chi connectivity index (χ2n) is 5.57. The number of hydrogen-bond donors (Lipinski definition) is 2. The number of carbonyl (C=O) groups excluding carboxylic acids is 1. The number of fused-ring (bicyclic) bond motifs is 3. The van der Waals surface area contributed by atoms with Crippen LogP contribution in [0.1, 0.15) is 10.6 Å². The van der Waals surface area contributed by atoms with Crippen molar-refractivity contribution >= 4 is 28.0 Å². The van der Waals surface area contributed by atoms with Crippen LogP contribution in [0.4, 0.5) is 0 Å². The van der Waals surface area contributed by atoms with Crippen LogP contribution >= 0.6 is 0 Å². The van der Waals surface area contributed by atoms with Crippen molar-refractivity contribution in [2.24, 2.45) is 5.73 Å². The molecule has 0 radical (unpaired) electrons. The zero-order valence-corrected chi connectivity index (χ0v) is 14.9. The Bertz CT molecular complexity index is 1170. The van der Waals surface area contributed by atoms with Gasteiger partial charge in [0.25, 0.3) is 5.91 Å². The largest absolute Gasteiger partial charge is 0.363 e. The lowest BCUT2D eigenvalue weighted by atomic mass is 10.2. The zero-order chi connectivity index (χ0) is 19.6. The maximum absolute atomic E-state index is 11.3. The van der Waals surface area contributed by atoms with Gasteiger partial charge in [0.1, 0.15) is 5.52 Å². The molecule has 138 valence electrons. The lowest BCUT2D eigenvalue weighted by Crippen LogP contribution is -2.16. The van der Waals surface area contributed by atoms with Gasteiger partial charge in [0.2, 0.25) is 5.82 Å². The second kappa shape index (κ2) is 9.54. The van der Waals surface area contributed by atoms with Crippen LogP contribution in [0.5, 0.6) is 0 Å². The average Bonchev–Trinajstić information content (AvgIpc) is 2.70. The van der Waals surface area contributed by atoms with Gasteiger partial charge >= 0.3 is 0 Å². The van der Waals surface area contributed by atoms with Crippen LogP contribution < -0.4 is 5.73 Å². The molecule has 1 aromatic carbocycles. The Morgan fingerprint density at radius 2 is 1.21 bits per heavy atom. The van der Waals surface area contributed by atoms with Crippen molar-refractivity contribution in [3.05, 3.63) is 96.8 Å². The van der Waals surface area contributed by atoms with Crippen LogP contribution in [-0.4, -0.2) is 31.3 Å². The van der Waals surface area contributed by atoms with E-state index in [2.05, 4.69) is 25.4 Å². The fourth-order valence-electron chi connectivity index (χ4n) is 2.28. The molecule has 0 spiro atoms. The number of aromatic nitrogens is 5. The van der Waals surface area contributed by atoms with Crippen LogP contribution in [0.25, 0.3) is 22.1 Å². The molecule has 0 fully saturated rings. The Labute approximate surface area is 161 Å². The molecule has 7 nitrogen and oxygen atoms in total. The Hall–Kier alpha value is -4.13. The number of amides is 1. The van der Waals surface area contributed by atoms with Crippen LogP contribution in [0.15, 0.2) is 91.0 Å². The highest BCUT2D eigenvalue weighted by molar-refractivity contribution is 5.99. The summed E-state index contributed by atoms with van der Waals surface area (Å²) in [5, 5.41) is 17.0. The van der Waals surface area contributed by atoms with Gasteiger partial charge in [-0.15, -0.1) is 20.4 Å². The van der Waals surface area contributed by atoms with Gasteiger partial charge in [0, 0.05) is 5.39 Å². The number of nitrogens with one attached hydrogen (secondary N) is 1. The summed E-state index contributed by atoms with van der Waals surface area (Å²) in [4.78, 5) is 14.1. The molecule has 2 heterocycles. The minimum Gasteiger partial charge on any atom is -0.363 e. The number of nitrogens with two attached hydrogens (primary N) is 1. The Kier molecular flexibility index (Phi) is 6.35. The van der Waals surface area contributed by atoms with E-state index in [4.69, 9.17) is 5.73 Å². The SMILES string of the molecule is NC(=O)c1nnc2c(nnc3cccccccccccccccc32)[nH]1. The highest BCUT2D eigenvalue weighted by Crippen LogP contribution is 2.15. The molecule has 0 unspecified atom stereocenters.